The largest absolute Gasteiger partial charge is 0.493 e. The molecule has 0 saturated carbocycles. The second kappa shape index (κ2) is 6.53. The van der Waals surface area contributed by atoms with Crippen LogP contribution >= 0.6 is 15.9 Å². The van der Waals surface area contributed by atoms with Crippen molar-refractivity contribution in [3.05, 3.63) is 29.8 Å². The summed E-state index contributed by atoms with van der Waals surface area (Å²) in [4.78, 5) is 11.7. The van der Waals surface area contributed by atoms with Gasteiger partial charge in [-0.1, -0.05) is 22.0 Å². The Kier molecular flexibility index (Phi) is 5.32. The summed E-state index contributed by atoms with van der Waals surface area (Å²) >= 11 is 3.28. The summed E-state index contributed by atoms with van der Waals surface area (Å²) in [5, 5.41) is 3.61. The number of nitrogens with one attached hydrogen (secondary N) is 1. The summed E-state index contributed by atoms with van der Waals surface area (Å²) in [5.41, 5.74) is 0.626. The molecule has 0 aliphatic carbocycles. The highest BCUT2D eigenvalue weighted by Gasteiger charge is 2.07. The molecule has 0 atom stereocenters. The van der Waals surface area contributed by atoms with E-state index in [1.54, 1.807) is 12.1 Å². The fourth-order valence-corrected chi connectivity index (χ4v) is 1.39. The van der Waals surface area contributed by atoms with Gasteiger partial charge >= 0.3 is 0 Å². The molecule has 3 nitrogen and oxygen atoms in total. The Bertz CT molecular complexity index is 353. The second-order valence-corrected chi connectivity index (χ2v) is 4.49. The maximum absolute atomic E-state index is 11.7. The van der Waals surface area contributed by atoms with Crippen LogP contribution in [0.2, 0.25) is 0 Å². The third-order valence-corrected chi connectivity index (χ3v) is 2.19. The van der Waals surface area contributed by atoms with E-state index in [0.717, 1.165) is 11.1 Å². The van der Waals surface area contributed by atoms with E-state index in [9.17, 15) is 4.79 Å². The van der Waals surface area contributed by atoms with Crippen LogP contribution in [0.5, 0.6) is 5.75 Å². The molecule has 0 heterocycles. The van der Waals surface area contributed by atoms with Gasteiger partial charge in [0.25, 0.3) is 5.91 Å². The number of alkyl halides is 1. The van der Waals surface area contributed by atoms with Crippen LogP contribution in [0.3, 0.4) is 0 Å². The molecule has 4 heteroatoms. The molecule has 0 unspecified atom stereocenters. The summed E-state index contributed by atoms with van der Waals surface area (Å²) in [6, 6.07) is 7.33. The zero-order valence-corrected chi connectivity index (χ0v) is 11.1. The van der Waals surface area contributed by atoms with Crippen LogP contribution in [0.15, 0.2) is 24.3 Å². The maximum Gasteiger partial charge on any atom is 0.251 e. The molecule has 0 spiro atoms. The van der Waals surface area contributed by atoms with Crippen molar-refractivity contribution in [2.24, 2.45) is 0 Å². The number of amides is 1. The summed E-state index contributed by atoms with van der Waals surface area (Å²) in [7, 11) is 0. The van der Waals surface area contributed by atoms with Crippen LogP contribution in [-0.2, 0) is 0 Å². The lowest BCUT2D eigenvalue weighted by molar-refractivity contribution is 0.0942. The zero-order valence-electron chi connectivity index (χ0n) is 9.50. The molecule has 1 amide bonds. The average Bonchev–Trinajstić information content (AvgIpc) is 2.26. The van der Waals surface area contributed by atoms with Gasteiger partial charge in [0.05, 0.1) is 6.61 Å². The molecule has 0 aromatic heterocycles. The Morgan fingerprint density at radius 3 is 2.88 bits per heavy atom. The Hall–Kier alpha value is -1.03. The molecule has 0 radical (unpaired) electrons. The molecule has 1 aromatic carbocycles. The van der Waals surface area contributed by atoms with Crippen LogP contribution in [0, 0.1) is 0 Å². The Balaban J connectivity index is 2.69. The van der Waals surface area contributed by atoms with Crippen LogP contribution in [0.25, 0.3) is 0 Å². The fraction of sp³-hybridized carbons (Fsp3) is 0.417. The maximum atomic E-state index is 11.7. The predicted molar refractivity (Wildman–Crippen MR) is 68.3 cm³/mol. The molecule has 1 rings (SSSR count). The van der Waals surface area contributed by atoms with E-state index in [1.165, 1.54) is 0 Å². The van der Waals surface area contributed by atoms with Crippen molar-refractivity contribution < 1.29 is 9.53 Å². The van der Waals surface area contributed by atoms with Crippen LogP contribution < -0.4 is 10.1 Å². The number of benzene rings is 1. The average molecular weight is 286 g/mol. The van der Waals surface area contributed by atoms with E-state index in [4.69, 9.17) is 4.74 Å². The first-order valence-electron chi connectivity index (χ1n) is 5.23. The molecule has 16 heavy (non-hydrogen) atoms. The van der Waals surface area contributed by atoms with E-state index in [0.29, 0.717) is 12.2 Å². The number of halogens is 1. The number of rotatable bonds is 5. The lowest BCUT2D eigenvalue weighted by Crippen LogP contribution is -2.30. The molecular weight excluding hydrogens is 270 g/mol. The number of carbonyl (C=O) groups is 1. The summed E-state index contributed by atoms with van der Waals surface area (Å²) in [6.07, 6.45) is 0. The molecule has 0 saturated heterocycles. The first-order chi connectivity index (χ1) is 7.63. The molecule has 1 N–H and O–H groups in total. The minimum absolute atomic E-state index is 0.0701. The zero-order chi connectivity index (χ0) is 12.0. The summed E-state index contributed by atoms with van der Waals surface area (Å²) in [5.74, 6) is 0.648. The lowest BCUT2D eigenvalue weighted by Gasteiger charge is -2.09. The highest BCUT2D eigenvalue weighted by atomic mass is 79.9. The number of ether oxygens (including phenoxy) is 1. The van der Waals surface area contributed by atoms with Crippen molar-refractivity contribution in [3.8, 4) is 5.75 Å². The van der Waals surface area contributed by atoms with E-state index in [-0.39, 0.29) is 11.9 Å². The van der Waals surface area contributed by atoms with Crippen LogP contribution in [0.4, 0.5) is 0 Å². The van der Waals surface area contributed by atoms with Crippen LogP contribution in [-0.4, -0.2) is 23.9 Å². The normalized spacial score (nSPS) is 10.2. The van der Waals surface area contributed by atoms with E-state index < -0.39 is 0 Å². The van der Waals surface area contributed by atoms with Gasteiger partial charge in [0.15, 0.2) is 0 Å². The monoisotopic (exact) mass is 285 g/mol. The van der Waals surface area contributed by atoms with Crippen LogP contribution in [0.1, 0.15) is 24.2 Å². The Labute approximate surface area is 104 Å². The van der Waals surface area contributed by atoms with Gasteiger partial charge in [-0.15, -0.1) is 0 Å². The molecule has 1 aromatic rings. The SMILES string of the molecule is CC(C)NC(=O)c1cccc(OCCBr)c1. The van der Waals surface area contributed by atoms with Crippen molar-refractivity contribution in [1.29, 1.82) is 0 Å². The van der Waals surface area contributed by atoms with Gasteiger partial charge in [-0.2, -0.15) is 0 Å². The lowest BCUT2D eigenvalue weighted by atomic mass is 10.2. The van der Waals surface area contributed by atoms with Crippen molar-refractivity contribution in [2.75, 3.05) is 11.9 Å². The minimum atomic E-state index is -0.0701. The third kappa shape index (κ3) is 4.23. The highest BCUT2D eigenvalue weighted by Crippen LogP contribution is 2.13. The Morgan fingerprint density at radius 1 is 1.50 bits per heavy atom. The first-order valence-corrected chi connectivity index (χ1v) is 6.35. The molecular formula is C12H16BrNO2. The topological polar surface area (TPSA) is 38.3 Å². The molecule has 0 aliphatic heterocycles. The molecule has 0 fully saturated rings. The number of hydrogen-bond acceptors (Lipinski definition) is 2. The van der Waals surface area contributed by atoms with E-state index in [2.05, 4.69) is 21.2 Å². The smallest absolute Gasteiger partial charge is 0.251 e. The summed E-state index contributed by atoms with van der Waals surface area (Å²) in [6.45, 7) is 4.46. The van der Waals surface area contributed by atoms with Crippen molar-refractivity contribution in [2.45, 2.75) is 19.9 Å². The van der Waals surface area contributed by atoms with Gasteiger partial charge in [0.1, 0.15) is 5.75 Å². The van der Waals surface area contributed by atoms with Gasteiger partial charge in [-0.25, -0.2) is 0 Å². The number of hydrogen-bond donors (Lipinski definition) is 1. The Morgan fingerprint density at radius 2 is 2.25 bits per heavy atom. The van der Waals surface area contributed by atoms with E-state index in [1.807, 2.05) is 26.0 Å². The van der Waals surface area contributed by atoms with Gasteiger partial charge in [0, 0.05) is 16.9 Å². The van der Waals surface area contributed by atoms with E-state index >= 15 is 0 Å². The van der Waals surface area contributed by atoms with Gasteiger partial charge in [-0.05, 0) is 32.0 Å². The van der Waals surface area contributed by atoms with Gasteiger partial charge in [0.2, 0.25) is 0 Å². The predicted octanol–water partition coefficient (Wildman–Crippen LogP) is 2.60. The molecule has 0 bridgehead atoms. The summed E-state index contributed by atoms with van der Waals surface area (Å²) < 4.78 is 5.42. The van der Waals surface area contributed by atoms with Gasteiger partial charge < -0.3 is 10.1 Å². The molecule has 0 aliphatic rings. The third-order valence-electron chi connectivity index (χ3n) is 1.86. The fourth-order valence-electron chi connectivity index (χ4n) is 1.23. The number of carbonyl (C=O) groups excluding carboxylic acids is 1. The quantitative estimate of drug-likeness (QED) is 0.845. The first kappa shape index (κ1) is 13.0. The minimum Gasteiger partial charge on any atom is -0.493 e. The van der Waals surface area contributed by atoms with Crippen molar-refractivity contribution in [3.63, 3.8) is 0 Å². The standard InChI is InChI=1S/C12H16BrNO2/c1-9(2)14-12(15)10-4-3-5-11(8-10)16-7-6-13/h3-5,8-9H,6-7H2,1-2H3,(H,14,15). The molecule has 88 valence electrons. The highest BCUT2D eigenvalue weighted by molar-refractivity contribution is 9.09. The second-order valence-electron chi connectivity index (χ2n) is 3.69. The van der Waals surface area contributed by atoms with Crippen molar-refractivity contribution in [1.82, 2.24) is 5.32 Å². The van der Waals surface area contributed by atoms with Gasteiger partial charge in [-0.3, -0.25) is 4.79 Å². The van der Waals surface area contributed by atoms with Crippen molar-refractivity contribution >= 4 is 21.8 Å².